The number of thioether (sulfide) groups is 1. The van der Waals surface area contributed by atoms with Crippen molar-refractivity contribution in [2.45, 2.75) is 10.4 Å². The van der Waals surface area contributed by atoms with Crippen LogP contribution in [0.15, 0.2) is 46.0 Å². The van der Waals surface area contributed by atoms with Gasteiger partial charge in [0, 0.05) is 11.1 Å². The third kappa shape index (κ3) is 1.94. The van der Waals surface area contributed by atoms with E-state index in [-0.39, 0.29) is 5.91 Å². The molecule has 0 spiro atoms. The number of carbonyl (C=O) groups excluding carboxylic acids is 1. The van der Waals surface area contributed by atoms with Crippen molar-refractivity contribution in [1.82, 2.24) is 4.90 Å². The van der Waals surface area contributed by atoms with Gasteiger partial charge in [-0.3, -0.25) is 9.69 Å². The molecule has 0 bridgehead atoms. The van der Waals surface area contributed by atoms with Gasteiger partial charge in [0.15, 0.2) is 6.23 Å². The number of aliphatic hydroxyl groups is 1. The van der Waals surface area contributed by atoms with Crippen LogP contribution >= 0.6 is 23.1 Å². The van der Waals surface area contributed by atoms with Gasteiger partial charge >= 0.3 is 0 Å². The predicted molar refractivity (Wildman–Crippen MR) is 72.6 cm³/mol. The molecule has 2 aromatic rings. The second-order valence-electron chi connectivity index (χ2n) is 3.94. The molecule has 0 fully saturated rings. The lowest BCUT2D eigenvalue weighted by atomic mass is 10.1. The van der Waals surface area contributed by atoms with Gasteiger partial charge in [-0.2, -0.15) is 0 Å². The fourth-order valence-electron chi connectivity index (χ4n) is 1.96. The summed E-state index contributed by atoms with van der Waals surface area (Å²) in [6, 6.07) is 11.2. The number of amides is 1. The van der Waals surface area contributed by atoms with Gasteiger partial charge in [-0.05, 0) is 17.5 Å². The van der Waals surface area contributed by atoms with E-state index in [2.05, 4.69) is 0 Å². The summed E-state index contributed by atoms with van der Waals surface area (Å²) < 4.78 is 1.14. The van der Waals surface area contributed by atoms with E-state index >= 15 is 0 Å². The molecular weight excluding hydrogens is 266 g/mol. The highest BCUT2D eigenvalue weighted by Gasteiger charge is 2.34. The first-order valence-corrected chi connectivity index (χ1v) is 7.38. The first-order chi connectivity index (χ1) is 8.77. The molecule has 0 saturated carbocycles. The van der Waals surface area contributed by atoms with Crippen molar-refractivity contribution in [2.24, 2.45) is 0 Å². The maximum absolute atomic E-state index is 12.1. The molecule has 1 unspecified atom stereocenters. The minimum atomic E-state index is -0.818. The minimum Gasteiger partial charge on any atom is -0.369 e. The summed E-state index contributed by atoms with van der Waals surface area (Å²) in [6.45, 7) is 0. The Morgan fingerprint density at radius 1 is 1.28 bits per heavy atom. The largest absolute Gasteiger partial charge is 0.369 e. The lowest BCUT2D eigenvalue weighted by Crippen LogP contribution is -2.27. The van der Waals surface area contributed by atoms with Crippen LogP contribution in [-0.4, -0.2) is 21.8 Å². The van der Waals surface area contributed by atoms with E-state index in [0.29, 0.717) is 17.0 Å². The highest BCUT2D eigenvalue weighted by molar-refractivity contribution is 8.01. The maximum atomic E-state index is 12.1. The Balaban J connectivity index is 1.77. The molecule has 0 saturated heterocycles. The van der Waals surface area contributed by atoms with E-state index in [0.717, 1.165) is 4.21 Å². The van der Waals surface area contributed by atoms with Crippen LogP contribution in [0.25, 0.3) is 0 Å². The zero-order chi connectivity index (χ0) is 12.5. The SMILES string of the molecule is O=C1c2ccccc2C(O)N1CSc1cccs1. The summed E-state index contributed by atoms with van der Waals surface area (Å²) >= 11 is 3.20. The summed E-state index contributed by atoms with van der Waals surface area (Å²) in [5.41, 5.74) is 1.31. The first-order valence-electron chi connectivity index (χ1n) is 5.51. The van der Waals surface area contributed by atoms with E-state index in [9.17, 15) is 9.90 Å². The zero-order valence-electron chi connectivity index (χ0n) is 9.45. The smallest absolute Gasteiger partial charge is 0.257 e. The number of carbonyl (C=O) groups is 1. The Kier molecular flexibility index (Phi) is 3.11. The molecule has 2 heterocycles. The number of hydrogen-bond donors (Lipinski definition) is 1. The van der Waals surface area contributed by atoms with Gasteiger partial charge < -0.3 is 5.11 Å². The van der Waals surface area contributed by atoms with Gasteiger partial charge in [-0.1, -0.05) is 36.0 Å². The topological polar surface area (TPSA) is 40.5 Å². The molecule has 5 heteroatoms. The van der Waals surface area contributed by atoms with Gasteiger partial charge in [-0.15, -0.1) is 11.3 Å². The Bertz CT molecular complexity index is 568. The molecule has 92 valence electrons. The van der Waals surface area contributed by atoms with Crippen molar-refractivity contribution in [1.29, 1.82) is 0 Å². The maximum Gasteiger partial charge on any atom is 0.257 e. The normalized spacial score (nSPS) is 18.2. The fourth-order valence-corrected chi connectivity index (χ4v) is 3.70. The predicted octanol–water partition coefficient (Wildman–Crippen LogP) is 2.94. The summed E-state index contributed by atoms with van der Waals surface area (Å²) in [5.74, 6) is 0.372. The van der Waals surface area contributed by atoms with Crippen molar-refractivity contribution in [3.8, 4) is 0 Å². The second kappa shape index (κ2) is 4.76. The van der Waals surface area contributed by atoms with Crippen molar-refractivity contribution in [3.63, 3.8) is 0 Å². The van der Waals surface area contributed by atoms with E-state index < -0.39 is 6.23 Å². The van der Waals surface area contributed by atoms with E-state index in [1.54, 1.807) is 35.2 Å². The second-order valence-corrected chi connectivity index (χ2v) is 6.13. The lowest BCUT2D eigenvalue weighted by molar-refractivity contribution is 0.0272. The molecule has 1 N–H and O–H groups in total. The van der Waals surface area contributed by atoms with Crippen molar-refractivity contribution < 1.29 is 9.90 Å². The Morgan fingerprint density at radius 2 is 2.11 bits per heavy atom. The van der Waals surface area contributed by atoms with E-state index in [1.165, 1.54) is 4.90 Å². The molecule has 1 aromatic carbocycles. The zero-order valence-corrected chi connectivity index (χ0v) is 11.1. The third-order valence-electron chi connectivity index (χ3n) is 2.87. The number of rotatable bonds is 3. The number of aliphatic hydroxyl groups excluding tert-OH is 1. The minimum absolute atomic E-state index is 0.0952. The average Bonchev–Trinajstić information content (AvgIpc) is 2.98. The van der Waals surface area contributed by atoms with Crippen LogP contribution in [-0.2, 0) is 0 Å². The third-order valence-corrected chi connectivity index (χ3v) is 5.00. The van der Waals surface area contributed by atoms with Gasteiger partial charge in [0.05, 0.1) is 10.1 Å². The van der Waals surface area contributed by atoms with Crippen LogP contribution in [0, 0.1) is 0 Å². The van der Waals surface area contributed by atoms with E-state index in [4.69, 9.17) is 0 Å². The molecule has 1 atom stereocenters. The number of hydrogen-bond acceptors (Lipinski definition) is 4. The number of benzene rings is 1. The molecule has 18 heavy (non-hydrogen) atoms. The highest BCUT2D eigenvalue weighted by atomic mass is 32.2. The Hall–Kier alpha value is -1.30. The lowest BCUT2D eigenvalue weighted by Gasteiger charge is -2.19. The monoisotopic (exact) mass is 277 g/mol. The van der Waals surface area contributed by atoms with Gasteiger partial charge in [0.1, 0.15) is 0 Å². The Labute approximate surface area is 113 Å². The van der Waals surface area contributed by atoms with Crippen LogP contribution in [0.2, 0.25) is 0 Å². The van der Waals surface area contributed by atoms with Gasteiger partial charge in [0.2, 0.25) is 0 Å². The van der Waals surface area contributed by atoms with Crippen molar-refractivity contribution >= 4 is 29.0 Å². The van der Waals surface area contributed by atoms with Crippen LogP contribution in [0.3, 0.4) is 0 Å². The first kappa shape index (κ1) is 11.8. The molecule has 1 aliphatic heterocycles. The van der Waals surface area contributed by atoms with Crippen LogP contribution in [0.1, 0.15) is 22.1 Å². The standard InChI is InChI=1S/C13H11NO2S2/c15-12-9-4-1-2-5-10(9)13(16)14(12)8-18-11-6-3-7-17-11/h1-7,12,15H,8H2. The van der Waals surface area contributed by atoms with Crippen molar-refractivity contribution in [2.75, 3.05) is 5.88 Å². The molecular formula is C13H11NO2S2. The van der Waals surface area contributed by atoms with Crippen LogP contribution in [0.5, 0.6) is 0 Å². The fraction of sp³-hybridized carbons (Fsp3) is 0.154. The Morgan fingerprint density at radius 3 is 2.83 bits per heavy atom. The number of nitrogens with zero attached hydrogens (tertiary/aromatic N) is 1. The van der Waals surface area contributed by atoms with Gasteiger partial charge in [-0.25, -0.2) is 0 Å². The summed E-state index contributed by atoms with van der Waals surface area (Å²) in [7, 11) is 0. The van der Waals surface area contributed by atoms with Crippen molar-refractivity contribution in [3.05, 3.63) is 52.9 Å². The quantitative estimate of drug-likeness (QED) is 0.877. The number of thiophene rings is 1. The molecule has 1 aromatic heterocycles. The van der Waals surface area contributed by atoms with Gasteiger partial charge in [0.25, 0.3) is 5.91 Å². The molecule has 3 rings (SSSR count). The molecule has 1 amide bonds. The highest BCUT2D eigenvalue weighted by Crippen LogP contribution is 2.34. The molecule has 1 aliphatic rings. The average molecular weight is 277 g/mol. The summed E-state index contributed by atoms with van der Waals surface area (Å²) in [4.78, 5) is 13.6. The molecule has 0 aliphatic carbocycles. The number of fused-ring (bicyclic) bond motifs is 1. The van der Waals surface area contributed by atoms with Crippen LogP contribution in [0.4, 0.5) is 0 Å². The molecule has 3 nitrogen and oxygen atoms in total. The summed E-state index contributed by atoms with van der Waals surface area (Å²) in [6.07, 6.45) is -0.818. The van der Waals surface area contributed by atoms with Crippen LogP contribution < -0.4 is 0 Å². The summed E-state index contributed by atoms with van der Waals surface area (Å²) in [5, 5.41) is 12.1. The van der Waals surface area contributed by atoms with E-state index in [1.807, 2.05) is 29.6 Å². The molecule has 0 radical (unpaired) electrons.